The summed E-state index contributed by atoms with van der Waals surface area (Å²) in [7, 11) is 1.72. The van der Waals surface area contributed by atoms with Gasteiger partial charge in [-0.2, -0.15) is 5.10 Å². The van der Waals surface area contributed by atoms with Gasteiger partial charge in [-0.3, -0.25) is 14.0 Å². The fraction of sp³-hybridized carbons (Fsp3) is 0.500. The van der Waals surface area contributed by atoms with Crippen LogP contribution >= 0.6 is 0 Å². The minimum Gasteiger partial charge on any atom is -0.369 e. The van der Waals surface area contributed by atoms with Crippen LogP contribution in [0.15, 0.2) is 11.0 Å². The molecular formula is C10H15N5O. The van der Waals surface area contributed by atoms with Crippen molar-refractivity contribution in [3.63, 3.8) is 0 Å². The van der Waals surface area contributed by atoms with Crippen LogP contribution in [0, 0.1) is 0 Å². The van der Waals surface area contributed by atoms with E-state index >= 15 is 0 Å². The van der Waals surface area contributed by atoms with E-state index in [1.807, 2.05) is 20.8 Å². The quantitative estimate of drug-likeness (QED) is 0.701. The smallest absolute Gasteiger partial charge is 0.281 e. The predicted molar refractivity (Wildman–Crippen MR) is 62.2 cm³/mol. The van der Waals surface area contributed by atoms with Crippen LogP contribution < -0.4 is 11.3 Å². The molecule has 6 nitrogen and oxygen atoms in total. The number of rotatable bonds is 0. The van der Waals surface area contributed by atoms with Gasteiger partial charge in [-0.25, -0.2) is 4.98 Å². The molecule has 16 heavy (non-hydrogen) atoms. The molecule has 0 aliphatic heterocycles. The van der Waals surface area contributed by atoms with Crippen molar-refractivity contribution in [2.24, 2.45) is 7.05 Å². The van der Waals surface area contributed by atoms with Crippen LogP contribution in [0.2, 0.25) is 0 Å². The van der Waals surface area contributed by atoms with Gasteiger partial charge in [0, 0.05) is 12.6 Å². The van der Waals surface area contributed by atoms with Gasteiger partial charge in [-0.1, -0.05) is 0 Å². The van der Waals surface area contributed by atoms with Crippen molar-refractivity contribution in [1.29, 1.82) is 0 Å². The Kier molecular flexibility index (Phi) is 2.04. The first kappa shape index (κ1) is 10.7. The number of aromatic nitrogens is 4. The highest BCUT2D eigenvalue weighted by Crippen LogP contribution is 2.17. The highest BCUT2D eigenvalue weighted by molar-refractivity contribution is 5.74. The van der Waals surface area contributed by atoms with Gasteiger partial charge in [-0.15, -0.1) is 0 Å². The third kappa shape index (κ3) is 1.37. The van der Waals surface area contributed by atoms with E-state index in [0.29, 0.717) is 11.0 Å². The molecule has 0 fully saturated rings. The third-order valence-corrected chi connectivity index (χ3v) is 2.46. The zero-order valence-electron chi connectivity index (χ0n) is 9.85. The average Bonchev–Trinajstić information content (AvgIpc) is 2.44. The number of hydrogen-bond donors (Lipinski definition) is 1. The number of aryl methyl sites for hydroxylation is 1. The Balaban J connectivity index is 2.96. The summed E-state index contributed by atoms with van der Waals surface area (Å²) in [5.74, 6) is 0.220. The minimum absolute atomic E-state index is 0.157. The van der Waals surface area contributed by atoms with Crippen LogP contribution in [0.3, 0.4) is 0 Å². The first-order chi connectivity index (χ1) is 7.32. The van der Waals surface area contributed by atoms with Crippen LogP contribution in [-0.2, 0) is 12.6 Å². The second kappa shape index (κ2) is 3.07. The average molecular weight is 221 g/mol. The van der Waals surface area contributed by atoms with E-state index in [0.717, 1.165) is 0 Å². The van der Waals surface area contributed by atoms with Crippen molar-refractivity contribution in [2.75, 3.05) is 5.73 Å². The van der Waals surface area contributed by atoms with Gasteiger partial charge < -0.3 is 5.73 Å². The molecule has 0 amide bonds. The Morgan fingerprint density at radius 3 is 2.56 bits per heavy atom. The van der Waals surface area contributed by atoms with Crippen molar-refractivity contribution in [2.45, 2.75) is 26.3 Å². The molecule has 0 saturated carbocycles. The van der Waals surface area contributed by atoms with E-state index in [2.05, 4.69) is 10.1 Å². The largest absolute Gasteiger partial charge is 0.369 e. The van der Waals surface area contributed by atoms with E-state index in [9.17, 15) is 4.79 Å². The maximum atomic E-state index is 12.3. The standard InChI is InChI=1S/C10H15N5O/c1-10(2,3)15-8(16)7-6(13-9(15)11)5-12-14(7)4/h5H,1-4H3,(H2,11,13). The van der Waals surface area contributed by atoms with Crippen molar-refractivity contribution in [1.82, 2.24) is 19.3 Å². The summed E-state index contributed by atoms with van der Waals surface area (Å²) in [4.78, 5) is 16.4. The summed E-state index contributed by atoms with van der Waals surface area (Å²) < 4.78 is 3.00. The third-order valence-electron chi connectivity index (χ3n) is 2.46. The molecule has 0 unspecified atom stereocenters. The highest BCUT2D eigenvalue weighted by Gasteiger charge is 2.21. The minimum atomic E-state index is -0.396. The fourth-order valence-corrected chi connectivity index (χ4v) is 1.79. The van der Waals surface area contributed by atoms with Gasteiger partial charge in [0.15, 0.2) is 5.52 Å². The molecule has 0 aromatic carbocycles. The van der Waals surface area contributed by atoms with Gasteiger partial charge in [0.05, 0.1) is 6.20 Å². The molecule has 2 heterocycles. The zero-order chi connectivity index (χ0) is 12.1. The van der Waals surface area contributed by atoms with Crippen molar-refractivity contribution in [3.05, 3.63) is 16.6 Å². The first-order valence-electron chi connectivity index (χ1n) is 5.03. The van der Waals surface area contributed by atoms with Crippen LogP contribution in [0.4, 0.5) is 5.95 Å². The zero-order valence-corrected chi connectivity index (χ0v) is 9.85. The fourth-order valence-electron chi connectivity index (χ4n) is 1.79. The number of anilines is 1. The van der Waals surface area contributed by atoms with E-state index in [1.54, 1.807) is 13.2 Å². The van der Waals surface area contributed by atoms with Gasteiger partial charge in [0.1, 0.15) is 5.52 Å². The van der Waals surface area contributed by atoms with E-state index in [1.165, 1.54) is 9.25 Å². The molecule has 2 aromatic rings. The van der Waals surface area contributed by atoms with Gasteiger partial charge in [0.25, 0.3) is 5.56 Å². The molecular weight excluding hydrogens is 206 g/mol. The lowest BCUT2D eigenvalue weighted by Gasteiger charge is -2.23. The monoisotopic (exact) mass is 221 g/mol. The number of nitrogens with zero attached hydrogens (tertiary/aromatic N) is 4. The second-order valence-electron chi connectivity index (χ2n) is 4.78. The van der Waals surface area contributed by atoms with Crippen LogP contribution in [0.5, 0.6) is 0 Å². The van der Waals surface area contributed by atoms with Crippen LogP contribution in [0.1, 0.15) is 20.8 Å². The summed E-state index contributed by atoms with van der Waals surface area (Å²) in [5, 5.41) is 4.01. The summed E-state index contributed by atoms with van der Waals surface area (Å²) in [6.45, 7) is 5.73. The molecule has 0 spiro atoms. The number of hydrogen-bond acceptors (Lipinski definition) is 4. The number of fused-ring (bicyclic) bond motifs is 1. The lowest BCUT2D eigenvalue weighted by Crippen LogP contribution is -2.36. The molecule has 2 N–H and O–H groups in total. The first-order valence-corrected chi connectivity index (χ1v) is 5.03. The molecule has 0 bridgehead atoms. The SMILES string of the molecule is Cn1ncc2nc(N)n(C(C)(C)C)c(=O)c21. The predicted octanol–water partition coefficient (Wildman–Crippen LogP) is 0.467. The Bertz CT molecular complexity index is 602. The van der Waals surface area contributed by atoms with Gasteiger partial charge in [0.2, 0.25) is 5.95 Å². The lowest BCUT2D eigenvalue weighted by atomic mass is 10.1. The van der Waals surface area contributed by atoms with Crippen LogP contribution in [-0.4, -0.2) is 19.3 Å². The molecule has 0 saturated heterocycles. The van der Waals surface area contributed by atoms with E-state index in [-0.39, 0.29) is 11.5 Å². The second-order valence-corrected chi connectivity index (χ2v) is 4.78. The maximum absolute atomic E-state index is 12.3. The van der Waals surface area contributed by atoms with Crippen molar-refractivity contribution in [3.8, 4) is 0 Å². The number of nitrogen functional groups attached to an aromatic ring is 1. The molecule has 2 rings (SSSR count). The van der Waals surface area contributed by atoms with Gasteiger partial charge in [-0.05, 0) is 20.8 Å². The summed E-state index contributed by atoms with van der Waals surface area (Å²) in [6, 6.07) is 0. The molecule has 86 valence electrons. The summed E-state index contributed by atoms with van der Waals surface area (Å²) >= 11 is 0. The van der Waals surface area contributed by atoms with Gasteiger partial charge >= 0.3 is 0 Å². The maximum Gasteiger partial charge on any atom is 0.281 e. The lowest BCUT2D eigenvalue weighted by molar-refractivity contribution is 0.388. The molecule has 2 aromatic heterocycles. The molecule has 0 aliphatic carbocycles. The topological polar surface area (TPSA) is 78.7 Å². The highest BCUT2D eigenvalue weighted by atomic mass is 16.1. The summed E-state index contributed by atoms with van der Waals surface area (Å²) in [6.07, 6.45) is 1.54. The Morgan fingerprint density at radius 2 is 2.00 bits per heavy atom. The van der Waals surface area contributed by atoms with E-state index in [4.69, 9.17) is 5.73 Å². The normalized spacial score (nSPS) is 12.2. The molecule has 6 heteroatoms. The molecule has 0 atom stereocenters. The van der Waals surface area contributed by atoms with Crippen molar-refractivity contribution >= 4 is 17.0 Å². The molecule has 0 aliphatic rings. The summed E-state index contributed by atoms with van der Waals surface area (Å²) in [5.41, 5.74) is 6.25. The Labute approximate surface area is 92.7 Å². The molecule has 0 radical (unpaired) electrons. The Hall–Kier alpha value is -1.85. The van der Waals surface area contributed by atoms with E-state index < -0.39 is 5.54 Å². The Morgan fingerprint density at radius 1 is 1.38 bits per heavy atom. The van der Waals surface area contributed by atoms with Crippen molar-refractivity contribution < 1.29 is 0 Å². The number of nitrogens with two attached hydrogens (primary N) is 1. The van der Waals surface area contributed by atoms with Crippen LogP contribution in [0.25, 0.3) is 11.0 Å².